The molecule has 1 unspecified atom stereocenters. The molecule has 2 rings (SSSR count). The molecular formula is C13H17Cl2NO. The summed E-state index contributed by atoms with van der Waals surface area (Å²) in [5.74, 6) is 0. The standard InChI is InChI=1S/C13H17Cl2NO/c1-13(2)6-7-17-11(8-16-13)9-4-3-5-10(14)12(9)15/h3-5,11,16H,6-8H2,1-2H3. The first-order valence-corrected chi connectivity index (χ1v) is 6.56. The van der Waals surface area contributed by atoms with Crippen LogP contribution in [0.25, 0.3) is 0 Å². The van der Waals surface area contributed by atoms with Crippen LogP contribution in [0.5, 0.6) is 0 Å². The van der Waals surface area contributed by atoms with E-state index in [4.69, 9.17) is 27.9 Å². The van der Waals surface area contributed by atoms with Gasteiger partial charge in [0.25, 0.3) is 0 Å². The second kappa shape index (κ2) is 5.15. The summed E-state index contributed by atoms with van der Waals surface area (Å²) in [6.45, 7) is 5.84. The van der Waals surface area contributed by atoms with Crippen LogP contribution in [-0.2, 0) is 4.74 Å². The van der Waals surface area contributed by atoms with E-state index in [0.717, 1.165) is 25.1 Å². The Balaban J connectivity index is 2.20. The Kier molecular flexibility index (Phi) is 3.99. The molecule has 0 amide bonds. The topological polar surface area (TPSA) is 21.3 Å². The van der Waals surface area contributed by atoms with Gasteiger partial charge < -0.3 is 10.1 Å². The first-order valence-electron chi connectivity index (χ1n) is 5.80. The van der Waals surface area contributed by atoms with Gasteiger partial charge in [-0.1, -0.05) is 35.3 Å². The number of halogens is 2. The molecule has 0 bridgehead atoms. The monoisotopic (exact) mass is 273 g/mol. The predicted octanol–water partition coefficient (Wildman–Crippen LogP) is 3.82. The number of rotatable bonds is 1. The van der Waals surface area contributed by atoms with Crippen LogP contribution in [-0.4, -0.2) is 18.7 Å². The lowest BCUT2D eigenvalue weighted by atomic mass is 10.0. The van der Waals surface area contributed by atoms with Gasteiger partial charge in [-0.25, -0.2) is 0 Å². The van der Waals surface area contributed by atoms with Gasteiger partial charge in [-0.3, -0.25) is 0 Å². The van der Waals surface area contributed by atoms with E-state index in [2.05, 4.69) is 19.2 Å². The van der Waals surface area contributed by atoms with Crippen molar-refractivity contribution in [2.24, 2.45) is 0 Å². The quantitative estimate of drug-likeness (QED) is 0.840. The Hall–Kier alpha value is -0.280. The van der Waals surface area contributed by atoms with E-state index in [1.807, 2.05) is 12.1 Å². The number of hydrogen-bond donors (Lipinski definition) is 1. The first kappa shape index (κ1) is 13.2. The summed E-state index contributed by atoms with van der Waals surface area (Å²) in [6, 6.07) is 5.67. The fourth-order valence-electron chi connectivity index (χ4n) is 1.94. The van der Waals surface area contributed by atoms with Gasteiger partial charge >= 0.3 is 0 Å². The number of benzene rings is 1. The van der Waals surface area contributed by atoms with Crippen LogP contribution >= 0.6 is 23.2 Å². The average molecular weight is 274 g/mol. The van der Waals surface area contributed by atoms with E-state index in [1.165, 1.54) is 0 Å². The van der Waals surface area contributed by atoms with Gasteiger partial charge in [0.15, 0.2) is 0 Å². The first-order chi connectivity index (χ1) is 7.99. The van der Waals surface area contributed by atoms with E-state index < -0.39 is 0 Å². The highest BCUT2D eigenvalue weighted by atomic mass is 35.5. The Labute approximate surface area is 112 Å². The van der Waals surface area contributed by atoms with Crippen LogP contribution < -0.4 is 5.32 Å². The fraction of sp³-hybridized carbons (Fsp3) is 0.538. The summed E-state index contributed by atoms with van der Waals surface area (Å²) >= 11 is 12.2. The highest BCUT2D eigenvalue weighted by molar-refractivity contribution is 6.42. The maximum absolute atomic E-state index is 6.21. The molecule has 0 radical (unpaired) electrons. The Morgan fingerprint density at radius 2 is 2.12 bits per heavy atom. The highest BCUT2D eigenvalue weighted by Gasteiger charge is 2.26. The average Bonchev–Trinajstić information content (AvgIpc) is 2.44. The molecular weight excluding hydrogens is 257 g/mol. The minimum atomic E-state index is -0.0250. The molecule has 0 aliphatic carbocycles. The van der Waals surface area contributed by atoms with Crippen molar-refractivity contribution in [2.75, 3.05) is 13.2 Å². The van der Waals surface area contributed by atoms with Crippen molar-refractivity contribution < 1.29 is 4.74 Å². The van der Waals surface area contributed by atoms with Crippen molar-refractivity contribution in [3.05, 3.63) is 33.8 Å². The zero-order valence-electron chi connectivity index (χ0n) is 10.1. The van der Waals surface area contributed by atoms with Gasteiger partial charge in [0, 0.05) is 24.3 Å². The maximum atomic E-state index is 6.21. The van der Waals surface area contributed by atoms with Crippen molar-refractivity contribution in [1.82, 2.24) is 5.32 Å². The van der Waals surface area contributed by atoms with Crippen LogP contribution in [0.2, 0.25) is 10.0 Å². The number of nitrogens with one attached hydrogen (secondary N) is 1. The highest BCUT2D eigenvalue weighted by Crippen LogP contribution is 2.32. The summed E-state index contributed by atoms with van der Waals surface area (Å²) in [7, 11) is 0. The molecule has 1 aromatic carbocycles. The van der Waals surface area contributed by atoms with E-state index >= 15 is 0 Å². The zero-order chi connectivity index (χ0) is 12.5. The van der Waals surface area contributed by atoms with Crippen molar-refractivity contribution in [3.63, 3.8) is 0 Å². The third-order valence-corrected chi connectivity index (χ3v) is 3.97. The summed E-state index contributed by atoms with van der Waals surface area (Å²) in [4.78, 5) is 0. The largest absolute Gasteiger partial charge is 0.372 e. The summed E-state index contributed by atoms with van der Waals surface area (Å²) in [5, 5.41) is 4.67. The maximum Gasteiger partial charge on any atom is 0.0964 e. The fourth-order valence-corrected chi connectivity index (χ4v) is 2.37. The molecule has 1 heterocycles. The van der Waals surface area contributed by atoms with Gasteiger partial charge in [-0.15, -0.1) is 0 Å². The second-order valence-corrected chi connectivity index (χ2v) is 5.80. The van der Waals surface area contributed by atoms with E-state index in [0.29, 0.717) is 10.0 Å². The van der Waals surface area contributed by atoms with Crippen LogP contribution in [0.3, 0.4) is 0 Å². The normalized spacial score (nSPS) is 24.4. The third-order valence-electron chi connectivity index (χ3n) is 3.14. The van der Waals surface area contributed by atoms with Crippen LogP contribution in [0.4, 0.5) is 0 Å². The van der Waals surface area contributed by atoms with Crippen molar-refractivity contribution in [2.45, 2.75) is 31.9 Å². The van der Waals surface area contributed by atoms with Crippen LogP contribution in [0, 0.1) is 0 Å². The predicted molar refractivity (Wildman–Crippen MR) is 71.9 cm³/mol. The molecule has 1 aromatic rings. The van der Waals surface area contributed by atoms with Crippen LogP contribution in [0.15, 0.2) is 18.2 Å². The molecule has 1 aliphatic rings. The van der Waals surface area contributed by atoms with Gasteiger partial charge in [-0.05, 0) is 26.3 Å². The smallest absolute Gasteiger partial charge is 0.0964 e. The third kappa shape index (κ3) is 3.14. The number of ether oxygens (including phenoxy) is 1. The van der Waals surface area contributed by atoms with Crippen molar-refractivity contribution in [1.29, 1.82) is 0 Å². The Morgan fingerprint density at radius 3 is 2.88 bits per heavy atom. The zero-order valence-corrected chi connectivity index (χ0v) is 11.6. The molecule has 1 N–H and O–H groups in total. The van der Waals surface area contributed by atoms with E-state index in [9.17, 15) is 0 Å². The lowest BCUT2D eigenvalue weighted by Gasteiger charge is -2.23. The molecule has 0 spiro atoms. The van der Waals surface area contributed by atoms with Gasteiger partial charge in [-0.2, -0.15) is 0 Å². The Bertz CT molecular complexity index is 406. The second-order valence-electron chi connectivity index (χ2n) is 5.02. The van der Waals surface area contributed by atoms with Gasteiger partial charge in [0.2, 0.25) is 0 Å². The lowest BCUT2D eigenvalue weighted by molar-refractivity contribution is 0.0657. The van der Waals surface area contributed by atoms with Gasteiger partial charge in [0.05, 0.1) is 16.1 Å². The minimum absolute atomic E-state index is 0.0250. The molecule has 1 saturated heterocycles. The molecule has 94 valence electrons. The molecule has 0 aromatic heterocycles. The molecule has 17 heavy (non-hydrogen) atoms. The van der Waals surface area contributed by atoms with E-state index in [1.54, 1.807) is 6.07 Å². The summed E-state index contributed by atoms with van der Waals surface area (Å²) in [6.07, 6.45) is 0.963. The van der Waals surface area contributed by atoms with Crippen molar-refractivity contribution >= 4 is 23.2 Å². The molecule has 1 fully saturated rings. The van der Waals surface area contributed by atoms with Crippen molar-refractivity contribution in [3.8, 4) is 0 Å². The van der Waals surface area contributed by atoms with E-state index in [-0.39, 0.29) is 11.6 Å². The lowest BCUT2D eigenvalue weighted by Crippen LogP contribution is -2.39. The van der Waals surface area contributed by atoms with Gasteiger partial charge in [0.1, 0.15) is 0 Å². The molecule has 1 atom stereocenters. The molecule has 2 nitrogen and oxygen atoms in total. The molecule has 0 saturated carbocycles. The molecule has 4 heteroatoms. The summed E-state index contributed by atoms with van der Waals surface area (Å²) in [5.41, 5.74) is 1.07. The molecule has 1 aliphatic heterocycles. The summed E-state index contributed by atoms with van der Waals surface area (Å²) < 4.78 is 5.85. The Morgan fingerprint density at radius 1 is 1.35 bits per heavy atom. The SMILES string of the molecule is CC1(C)CCOC(c2cccc(Cl)c2Cl)CN1. The number of hydrogen-bond acceptors (Lipinski definition) is 2. The minimum Gasteiger partial charge on any atom is -0.372 e. The van der Waals surface area contributed by atoms with Crippen LogP contribution in [0.1, 0.15) is 31.9 Å².